The summed E-state index contributed by atoms with van der Waals surface area (Å²) in [5, 5.41) is 3.43. The lowest BCUT2D eigenvalue weighted by atomic mass is 9.89. The van der Waals surface area contributed by atoms with Crippen LogP contribution >= 0.6 is 0 Å². The Morgan fingerprint density at radius 1 is 1.13 bits per heavy atom. The van der Waals surface area contributed by atoms with Gasteiger partial charge in [0, 0.05) is 30.4 Å². The Labute approximate surface area is 135 Å². The zero-order valence-corrected chi connectivity index (χ0v) is 13.2. The van der Waals surface area contributed by atoms with Crippen molar-refractivity contribution >= 4 is 11.0 Å². The molecule has 4 heteroatoms. The maximum Gasteiger partial charge on any atom is 0.123 e. The van der Waals surface area contributed by atoms with E-state index in [1.165, 1.54) is 17.8 Å². The highest BCUT2D eigenvalue weighted by Crippen LogP contribution is 2.39. The minimum absolute atomic E-state index is 0.203. The lowest BCUT2D eigenvalue weighted by Crippen LogP contribution is -2.27. The predicted octanol–water partition coefficient (Wildman–Crippen LogP) is 3.85. The fourth-order valence-electron chi connectivity index (χ4n) is 3.75. The quantitative estimate of drug-likeness (QED) is 0.779. The number of nitrogens with one attached hydrogen (secondary N) is 1. The topological polar surface area (TPSA) is 29.9 Å². The second kappa shape index (κ2) is 5.78. The summed E-state index contributed by atoms with van der Waals surface area (Å²) in [4.78, 5) is 4.63. The van der Waals surface area contributed by atoms with Gasteiger partial charge < -0.3 is 9.88 Å². The average molecular weight is 309 g/mol. The molecule has 0 bridgehead atoms. The molecule has 118 valence electrons. The number of piperidine rings is 1. The Morgan fingerprint density at radius 3 is 2.61 bits per heavy atom. The summed E-state index contributed by atoms with van der Waals surface area (Å²) in [6.07, 6.45) is 4.08. The van der Waals surface area contributed by atoms with Gasteiger partial charge in [-0.15, -0.1) is 0 Å². The van der Waals surface area contributed by atoms with Gasteiger partial charge in [0.05, 0.1) is 11.0 Å². The molecule has 0 amide bonds. The highest BCUT2D eigenvalue weighted by Gasteiger charge is 2.25. The molecule has 0 atom stereocenters. The highest BCUT2D eigenvalue weighted by atomic mass is 19.1. The molecule has 1 saturated heterocycles. The number of hydrogen-bond donors (Lipinski definition) is 1. The smallest absolute Gasteiger partial charge is 0.123 e. The molecular weight excluding hydrogens is 289 g/mol. The molecule has 0 saturated carbocycles. The normalized spacial score (nSPS) is 16.1. The van der Waals surface area contributed by atoms with Crippen LogP contribution in [0.25, 0.3) is 22.2 Å². The van der Waals surface area contributed by atoms with Crippen molar-refractivity contribution in [1.82, 2.24) is 14.9 Å². The number of pyridine rings is 1. The molecule has 0 unspecified atom stereocenters. The molecule has 23 heavy (non-hydrogen) atoms. The van der Waals surface area contributed by atoms with Crippen molar-refractivity contribution in [2.24, 2.45) is 7.05 Å². The second-order valence-electron chi connectivity index (χ2n) is 6.22. The summed E-state index contributed by atoms with van der Waals surface area (Å²) in [5.74, 6) is 0.306. The number of nitrogens with zero attached hydrogens (tertiary/aromatic N) is 2. The van der Waals surface area contributed by atoms with Crippen LogP contribution in [0.4, 0.5) is 4.39 Å². The fourth-order valence-corrected chi connectivity index (χ4v) is 3.75. The molecule has 1 aliphatic rings. The zero-order chi connectivity index (χ0) is 15.8. The van der Waals surface area contributed by atoms with Gasteiger partial charge in [0.25, 0.3) is 0 Å². The Balaban J connectivity index is 1.97. The Morgan fingerprint density at radius 2 is 1.87 bits per heavy atom. The number of benzene rings is 1. The predicted molar refractivity (Wildman–Crippen MR) is 91.0 cm³/mol. The average Bonchev–Trinajstić information content (AvgIpc) is 2.90. The van der Waals surface area contributed by atoms with Gasteiger partial charge in [0.1, 0.15) is 5.82 Å². The lowest BCUT2D eigenvalue weighted by molar-refractivity contribution is 0.447. The van der Waals surface area contributed by atoms with Crippen LogP contribution in [0.3, 0.4) is 0 Å². The van der Waals surface area contributed by atoms with Crippen molar-refractivity contribution in [3.8, 4) is 11.1 Å². The van der Waals surface area contributed by atoms with Gasteiger partial charge in [-0.2, -0.15) is 0 Å². The Kier molecular flexibility index (Phi) is 3.62. The number of halogens is 1. The van der Waals surface area contributed by atoms with E-state index in [0.29, 0.717) is 5.92 Å². The minimum Gasteiger partial charge on any atom is -0.345 e. The van der Waals surface area contributed by atoms with Gasteiger partial charge in [-0.1, -0.05) is 12.1 Å². The van der Waals surface area contributed by atoms with E-state index in [2.05, 4.69) is 28.0 Å². The third-order valence-electron chi connectivity index (χ3n) is 4.86. The molecule has 3 heterocycles. The van der Waals surface area contributed by atoms with Crippen LogP contribution in [0.15, 0.2) is 42.6 Å². The first-order valence-corrected chi connectivity index (χ1v) is 8.15. The van der Waals surface area contributed by atoms with E-state index in [9.17, 15) is 4.39 Å². The van der Waals surface area contributed by atoms with Crippen LogP contribution in [0, 0.1) is 5.82 Å². The molecule has 0 radical (unpaired) electrons. The highest BCUT2D eigenvalue weighted by molar-refractivity contribution is 5.95. The van der Waals surface area contributed by atoms with Crippen LogP contribution in [-0.2, 0) is 7.05 Å². The molecule has 0 spiro atoms. The zero-order valence-electron chi connectivity index (χ0n) is 13.2. The van der Waals surface area contributed by atoms with Crippen LogP contribution in [-0.4, -0.2) is 22.6 Å². The Bertz CT molecular complexity index is 830. The standard InChI is InChI=1S/C19H20FN3/c1-23-16-3-2-10-22-18(16)17(13-4-6-15(20)7-5-13)19(23)14-8-11-21-12-9-14/h2-7,10,14,21H,8-9,11-12H2,1H3. The maximum absolute atomic E-state index is 13.3. The summed E-state index contributed by atoms with van der Waals surface area (Å²) in [6.45, 7) is 2.09. The molecule has 1 N–H and O–H groups in total. The number of aromatic nitrogens is 2. The van der Waals surface area contributed by atoms with Crippen molar-refractivity contribution in [2.75, 3.05) is 13.1 Å². The van der Waals surface area contributed by atoms with E-state index >= 15 is 0 Å². The van der Waals surface area contributed by atoms with E-state index < -0.39 is 0 Å². The first kappa shape index (κ1) is 14.4. The van der Waals surface area contributed by atoms with Crippen molar-refractivity contribution in [2.45, 2.75) is 18.8 Å². The molecular formula is C19H20FN3. The van der Waals surface area contributed by atoms with Crippen LogP contribution in [0.2, 0.25) is 0 Å². The molecule has 1 aromatic carbocycles. The SMILES string of the molecule is Cn1c(C2CCNCC2)c(-c2ccc(F)cc2)c2ncccc21. The molecule has 3 aromatic rings. The van der Waals surface area contributed by atoms with Crippen LogP contribution in [0.5, 0.6) is 0 Å². The van der Waals surface area contributed by atoms with E-state index in [1.54, 1.807) is 0 Å². The van der Waals surface area contributed by atoms with Crippen molar-refractivity contribution in [3.63, 3.8) is 0 Å². The van der Waals surface area contributed by atoms with E-state index in [0.717, 1.165) is 48.1 Å². The van der Waals surface area contributed by atoms with Crippen LogP contribution < -0.4 is 5.32 Å². The summed E-state index contributed by atoms with van der Waals surface area (Å²) in [7, 11) is 2.12. The summed E-state index contributed by atoms with van der Waals surface area (Å²) < 4.78 is 15.6. The van der Waals surface area contributed by atoms with Crippen LogP contribution in [0.1, 0.15) is 24.5 Å². The second-order valence-corrected chi connectivity index (χ2v) is 6.22. The van der Waals surface area contributed by atoms with Crippen molar-refractivity contribution < 1.29 is 4.39 Å². The van der Waals surface area contributed by atoms with Gasteiger partial charge in [-0.3, -0.25) is 4.98 Å². The van der Waals surface area contributed by atoms with Gasteiger partial charge in [-0.05, 0) is 55.8 Å². The monoisotopic (exact) mass is 309 g/mol. The Hall–Kier alpha value is -2.20. The maximum atomic E-state index is 13.3. The molecule has 1 fully saturated rings. The number of rotatable bonds is 2. The van der Waals surface area contributed by atoms with Gasteiger partial charge in [0.2, 0.25) is 0 Å². The number of aryl methyl sites for hydroxylation is 1. The molecule has 4 rings (SSSR count). The van der Waals surface area contributed by atoms with Crippen molar-refractivity contribution in [3.05, 3.63) is 54.1 Å². The van der Waals surface area contributed by atoms with Gasteiger partial charge in [0.15, 0.2) is 0 Å². The first-order chi connectivity index (χ1) is 11.3. The molecule has 1 aliphatic heterocycles. The minimum atomic E-state index is -0.203. The van der Waals surface area contributed by atoms with E-state index in [4.69, 9.17) is 0 Å². The van der Waals surface area contributed by atoms with E-state index in [-0.39, 0.29) is 5.82 Å². The van der Waals surface area contributed by atoms with Gasteiger partial charge >= 0.3 is 0 Å². The lowest BCUT2D eigenvalue weighted by Gasteiger charge is -2.25. The molecule has 0 aliphatic carbocycles. The third kappa shape index (κ3) is 2.43. The van der Waals surface area contributed by atoms with Crippen molar-refractivity contribution in [1.29, 1.82) is 0 Å². The summed E-state index contributed by atoms with van der Waals surface area (Å²) >= 11 is 0. The fraction of sp³-hybridized carbons (Fsp3) is 0.316. The first-order valence-electron chi connectivity index (χ1n) is 8.15. The molecule has 3 nitrogen and oxygen atoms in total. The largest absolute Gasteiger partial charge is 0.345 e. The number of fused-ring (bicyclic) bond motifs is 1. The summed E-state index contributed by atoms with van der Waals surface area (Å²) in [5.41, 5.74) is 5.68. The third-order valence-corrected chi connectivity index (χ3v) is 4.86. The molecule has 2 aromatic heterocycles. The van der Waals surface area contributed by atoms with Gasteiger partial charge in [-0.25, -0.2) is 4.39 Å². The van der Waals surface area contributed by atoms with E-state index in [1.807, 2.05) is 24.4 Å². The summed E-state index contributed by atoms with van der Waals surface area (Å²) in [6, 6.07) is 10.9. The number of hydrogen-bond acceptors (Lipinski definition) is 2.